The first-order valence-corrected chi connectivity index (χ1v) is 22.4. The molecular formula is C40H74N12O6S2. The van der Waals surface area contributed by atoms with E-state index in [2.05, 4.69) is 46.2 Å². The zero-order valence-electron chi connectivity index (χ0n) is 35.3. The number of hydrogen-bond acceptors (Lipinski definition) is 14. The molecule has 0 spiro atoms. The predicted molar refractivity (Wildman–Crippen MR) is 245 cm³/mol. The maximum atomic E-state index is 12.6. The van der Waals surface area contributed by atoms with E-state index in [4.69, 9.17) is 55.0 Å². The van der Waals surface area contributed by atoms with Crippen LogP contribution in [0.1, 0.15) is 114 Å². The number of hydrogen-bond donors (Lipinski definition) is 13. The molecule has 4 atom stereocenters. The molecule has 0 saturated heterocycles. The maximum absolute atomic E-state index is 12.6. The van der Waals surface area contributed by atoms with Gasteiger partial charge < -0.3 is 65.6 Å². The highest BCUT2D eigenvalue weighted by atomic mass is 32.1. The molecule has 0 fully saturated rings. The molecule has 18 nitrogen and oxygen atoms in total. The second-order valence-electron chi connectivity index (χ2n) is 14.9. The van der Waals surface area contributed by atoms with Gasteiger partial charge in [0.1, 0.15) is 19.0 Å². The summed E-state index contributed by atoms with van der Waals surface area (Å²) in [4.78, 5) is 53.7. The van der Waals surface area contributed by atoms with Gasteiger partial charge in [-0.3, -0.25) is 29.6 Å². The molecule has 0 saturated carbocycles. The maximum Gasteiger partial charge on any atom is 0.237 e. The molecule has 0 heterocycles. The number of rotatable bonds is 36. The van der Waals surface area contributed by atoms with Crippen LogP contribution >= 0.6 is 25.3 Å². The molecule has 0 bridgehead atoms. The van der Waals surface area contributed by atoms with Gasteiger partial charge in [-0.15, -0.1) is 0 Å². The first kappa shape index (κ1) is 54.2. The number of thiol groups is 2. The number of unbranched alkanes of at least 4 members (excludes halogenated alkanes) is 6. The lowest BCUT2D eigenvalue weighted by atomic mass is 10.0. The summed E-state index contributed by atoms with van der Waals surface area (Å²) < 4.78 is 12.0. The Morgan fingerprint density at radius 1 is 0.583 bits per heavy atom. The summed E-state index contributed by atoms with van der Waals surface area (Å²) >= 11 is 8.87. The Balaban J connectivity index is 2.38. The van der Waals surface area contributed by atoms with E-state index in [9.17, 15) is 19.2 Å². The summed E-state index contributed by atoms with van der Waals surface area (Å²) in [7, 11) is 0. The number of ether oxygens (including phenoxy) is 2. The predicted octanol–water partition coefficient (Wildman–Crippen LogP) is 0.982. The number of aliphatic imine (C=N–C) groups is 1. The Bertz CT molecular complexity index is 1470. The lowest BCUT2D eigenvalue weighted by molar-refractivity contribution is -0.123. The van der Waals surface area contributed by atoms with Crippen molar-refractivity contribution in [3.8, 4) is 11.5 Å². The molecule has 0 aliphatic rings. The Morgan fingerprint density at radius 3 is 1.45 bits per heavy atom. The monoisotopic (exact) mass is 883 g/mol. The van der Waals surface area contributed by atoms with Gasteiger partial charge in [-0.05, 0) is 87.5 Å². The van der Waals surface area contributed by atoms with Crippen molar-refractivity contribution in [2.45, 2.75) is 138 Å². The van der Waals surface area contributed by atoms with Crippen molar-refractivity contribution in [2.75, 3.05) is 39.4 Å². The van der Waals surface area contributed by atoms with Crippen LogP contribution in [0.5, 0.6) is 11.5 Å². The van der Waals surface area contributed by atoms with Crippen molar-refractivity contribution >= 4 is 60.6 Å². The highest BCUT2D eigenvalue weighted by molar-refractivity contribution is 7.79. The largest absolute Gasteiger partial charge is 0.488 e. The van der Waals surface area contributed by atoms with Crippen LogP contribution in [0.15, 0.2) is 17.1 Å². The van der Waals surface area contributed by atoms with Crippen LogP contribution in [0.3, 0.4) is 0 Å². The van der Waals surface area contributed by atoms with Gasteiger partial charge in [0.15, 0.2) is 17.5 Å². The molecule has 1 rings (SSSR count). The molecule has 0 radical (unpaired) electrons. The third kappa shape index (κ3) is 25.1. The quantitative estimate of drug-likeness (QED) is 0.0194. The molecule has 1 aromatic rings. The van der Waals surface area contributed by atoms with E-state index in [0.29, 0.717) is 100 Å². The zero-order valence-corrected chi connectivity index (χ0v) is 37.1. The van der Waals surface area contributed by atoms with Crippen molar-refractivity contribution in [2.24, 2.45) is 45.1 Å². The Labute approximate surface area is 367 Å². The number of amides is 3. The average molecular weight is 883 g/mol. The third-order valence-electron chi connectivity index (χ3n) is 9.71. The van der Waals surface area contributed by atoms with Gasteiger partial charge in [0.2, 0.25) is 17.7 Å². The van der Waals surface area contributed by atoms with Crippen LogP contribution in [0, 0.1) is 5.41 Å². The molecule has 0 aromatic heterocycles. The van der Waals surface area contributed by atoms with Crippen molar-refractivity contribution < 1.29 is 28.7 Å². The van der Waals surface area contributed by atoms with Gasteiger partial charge in [0.05, 0.1) is 43.1 Å². The van der Waals surface area contributed by atoms with Crippen molar-refractivity contribution in [1.82, 2.24) is 16.0 Å². The number of amidine groups is 1. The van der Waals surface area contributed by atoms with Gasteiger partial charge in [-0.25, -0.2) is 0 Å². The number of guanidine groups is 1. The first-order valence-electron chi connectivity index (χ1n) is 21.1. The fourth-order valence-corrected chi connectivity index (χ4v) is 6.64. The minimum atomic E-state index is -0.712. The molecule has 18 N–H and O–H groups in total. The molecule has 0 unspecified atom stereocenters. The molecule has 0 aliphatic heterocycles. The topological polar surface area (TPSA) is 341 Å². The molecule has 1 aromatic carbocycles. The fourth-order valence-electron chi connectivity index (χ4n) is 6.05. The smallest absolute Gasteiger partial charge is 0.237 e. The second-order valence-corrected chi connectivity index (χ2v) is 15.5. The summed E-state index contributed by atoms with van der Waals surface area (Å²) in [6.45, 7) is 1.69. The fraction of sp³-hybridized carbons (Fsp3) is 0.700. The van der Waals surface area contributed by atoms with Gasteiger partial charge in [0, 0.05) is 37.4 Å². The SMILES string of the molecule is N=C(N)CCCCC[C@H](N)C(=O)NCCCC[C@H](N)C(=O)NCCOc1cc(CS)c(CS)cc1OCCNC(=O)[C@@H](N)CCCCCC(=O)[C@@H](N)CCCCN=C(N)N. The number of carbonyl (C=O) groups is 4. The lowest BCUT2D eigenvalue weighted by Gasteiger charge is -2.18. The number of nitrogens with two attached hydrogens (primary N) is 7. The first-order chi connectivity index (χ1) is 28.7. The van der Waals surface area contributed by atoms with E-state index < -0.39 is 24.2 Å². The van der Waals surface area contributed by atoms with E-state index in [-0.39, 0.29) is 61.6 Å². The molecule has 3 amide bonds. The van der Waals surface area contributed by atoms with Crippen LogP contribution in [0.2, 0.25) is 0 Å². The summed E-state index contributed by atoms with van der Waals surface area (Å²) in [5, 5.41) is 15.7. The number of nitrogens with one attached hydrogen (secondary N) is 4. The van der Waals surface area contributed by atoms with Crippen LogP contribution in [0.25, 0.3) is 0 Å². The summed E-state index contributed by atoms with van der Waals surface area (Å²) in [6, 6.07) is 1.18. The van der Waals surface area contributed by atoms with Crippen LogP contribution in [-0.2, 0) is 30.7 Å². The van der Waals surface area contributed by atoms with Gasteiger partial charge >= 0.3 is 0 Å². The summed E-state index contributed by atoms with van der Waals surface area (Å²) in [5.41, 5.74) is 42.0. The zero-order chi connectivity index (χ0) is 44.7. The van der Waals surface area contributed by atoms with Crippen LogP contribution < -0.4 is 65.6 Å². The molecule has 20 heteroatoms. The summed E-state index contributed by atoms with van der Waals surface area (Å²) in [5.74, 6) is 1.28. The van der Waals surface area contributed by atoms with E-state index >= 15 is 0 Å². The average Bonchev–Trinajstić information content (AvgIpc) is 3.22. The Kier molecular flexibility index (Phi) is 29.7. The number of ketones is 1. The minimum Gasteiger partial charge on any atom is -0.488 e. The highest BCUT2D eigenvalue weighted by Crippen LogP contribution is 2.32. The normalized spacial score (nSPS) is 13.0. The summed E-state index contributed by atoms with van der Waals surface area (Å²) in [6.07, 6.45) is 10.5. The standard InChI is InChI=1S/C40H74N12O6S2/c41-29(11-7-10-18-52-40(47)48)33(53)15-5-1-3-12-31(43)38(55)50-19-21-57-34-23-27(25-59)28(26-60)24-35(34)58-22-20-51-39(56)32(44)14-8-9-17-49-37(54)30(42)13-4-2-6-16-36(45)46/h23-24,29-32,59-60H,1-22,25-26,41-44H2,(H3,45,46)(H,49,54)(H,50,55)(H,51,56)(H4,47,48,52)/t29-,30-,31-,32-/m0/s1. The molecule has 0 aliphatic carbocycles. The van der Waals surface area contributed by atoms with E-state index in [1.807, 2.05) is 12.1 Å². The van der Waals surface area contributed by atoms with Gasteiger partial charge in [-0.1, -0.05) is 25.7 Å². The van der Waals surface area contributed by atoms with E-state index in [0.717, 1.165) is 49.7 Å². The number of carbonyl (C=O) groups excluding carboxylic acids is 4. The second kappa shape index (κ2) is 32.9. The van der Waals surface area contributed by atoms with Crippen LogP contribution in [0.4, 0.5) is 0 Å². The Hall–Kier alpha value is -3.82. The third-order valence-corrected chi connectivity index (χ3v) is 10.4. The molecule has 60 heavy (non-hydrogen) atoms. The molecule has 342 valence electrons. The van der Waals surface area contributed by atoms with Gasteiger partial charge in [-0.2, -0.15) is 25.3 Å². The minimum absolute atomic E-state index is 0.0260. The van der Waals surface area contributed by atoms with Crippen molar-refractivity contribution in [3.63, 3.8) is 0 Å². The van der Waals surface area contributed by atoms with E-state index in [1.54, 1.807) is 0 Å². The Morgan fingerprint density at radius 2 is 1.00 bits per heavy atom. The van der Waals surface area contributed by atoms with Gasteiger partial charge in [0.25, 0.3) is 0 Å². The van der Waals surface area contributed by atoms with Crippen molar-refractivity contribution in [3.05, 3.63) is 23.3 Å². The molecular weight excluding hydrogens is 809 g/mol. The van der Waals surface area contributed by atoms with E-state index in [1.165, 1.54) is 0 Å². The number of benzene rings is 1. The van der Waals surface area contributed by atoms with Crippen molar-refractivity contribution in [1.29, 1.82) is 5.41 Å². The number of nitrogens with zero attached hydrogens (tertiary/aromatic N) is 1. The lowest BCUT2D eigenvalue weighted by Crippen LogP contribution is -2.42. The highest BCUT2D eigenvalue weighted by Gasteiger charge is 2.18. The van der Waals surface area contributed by atoms with Crippen LogP contribution in [-0.4, -0.2) is 98.9 Å². The number of Topliss-reactive ketones (excluding diaryl/α,β-unsaturated/α-hetero) is 1.